The molecule has 2 aliphatic heterocycles. The first-order chi connectivity index (χ1) is 8.45. The highest BCUT2D eigenvalue weighted by Gasteiger charge is 2.21. The normalized spacial score (nSPS) is 20.1. The Morgan fingerprint density at radius 1 is 1.18 bits per heavy atom. The molecule has 1 N–H and O–H groups in total. The molecule has 0 aromatic heterocycles. The van der Waals surface area contributed by atoms with Gasteiger partial charge in [-0.15, -0.1) is 0 Å². The minimum absolute atomic E-state index is 0.593. The Hall–Kier alpha value is -1.61. The third-order valence-electron chi connectivity index (χ3n) is 3.44. The van der Waals surface area contributed by atoms with Gasteiger partial charge < -0.3 is 10.2 Å². The van der Waals surface area contributed by atoms with Crippen LogP contribution in [0.1, 0.15) is 18.4 Å². The van der Waals surface area contributed by atoms with Crippen molar-refractivity contribution in [3.05, 3.63) is 42.2 Å². The molecule has 3 heteroatoms. The number of piperidine rings is 1. The minimum atomic E-state index is 0.593. The first-order valence-electron chi connectivity index (χ1n) is 6.23. The standard InChI is InChI=1S/C14H17N3/c1-2-4-14-12(3-1)11-16-9-10-17(14)13-5-7-15-8-6-13/h1-4,9-11,13,15H,5-8H2. The number of benzene rings is 1. The third kappa shape index (κ3) is 2.11. The van der Waals surface area contributed by atoms with Crippen LogP contribution in [0.5, 0.6) is 0 Å². The summed E-state index contributed by atoms with van der Waals surface area (Å²) >= 11 is 0. The number of hydrogen-bond donors (Lipinski definition) is 1. The summed E-state index contributed by atoms with van der Waals surface area (Å²) in [6, 6.07) is 9.06. The average Bonchev–Trinajstić information content (AvgIpc) is 2.62. The predicted octanol–water partition coefficient (Wildman–Crippen LogP) is 2.15. The fourth-order valence-corrected chi connectivity index (χ4v) is 2.55. The van der Waals surface area contributed by atoms with Crippen LogP contribution < -0.4 is 10.2 Å². The Morgan fingerprint density at radius 3 is 2.88 bits per heavy atom. The van der Waals surface area contributed by atoms with E-state index in [4.69, 9.17) is 0 Å². The maximum absolute atomic E-state index is 4.29. The smallest absolute Gasteiger partial charge is 0.0498 e. The van der Waals surface area contributed by atoms with Gasteiger partial charge >= 0.3 is 0 Å². The van der Waals surface area contributed by atoms with Gasteiger partial charge in [0.1, 0.15) is 0 Å². The molecule has 1 fully saturated rings. The monoisotopic (exact) mass is 227 g/mol. The van der Waals surface area contributed by atoms with Crippen molar-refractivity contribution >= 4 is 11.9 Å². The lowest BCUT2D eigenvalue weighted by atomic mass is 10.0. The first-order valence-corrected chi connectivity index (χ1v) is 6.23. The molecule has 0 radical (unpaired) electrons. The zero-order valence-corrected chi connectivity index (χ0v) is 9.84. The van der Waals surface area contributed by atoms with E-state index >= 15 is 0 Å². The lowest BCUT2D eigenvalue weighted by Crippen LogP contribution is -2.40. The van der Waals surface area contributed by atoms with Crippen LogP contribution in [0.4, 0.5) is 5.69 Å². The Bertz CT molecular complexity index is 445. The maximum Gasteiger partial charge on any atom is 0.0498 e. The summed E-state index contributed by atoms with van der Waals surface area (Å²) in [5, 5.41) is 3.41. The molecule has 3 nitrogen and oxygen atoms in total. The molecule has 2 aliphatic rings. The number of aliphatic imine (C=N–C) groups is 1. The predicted molar refractivity (Wildman–Crippen MR) is 71.5 cm³/mol. The van der Waals surface area contributed by atoms with Gasteiger partial charge in [-0.1, -0.05) is 18.2 Å². The Balaban J connectivity index is 1.94. The molecule has 0 amide bonds. The molecule has 17 heavy (non-hydrogen) atoms. The van der Waals surface area contributed by atoms with Crippen molar-refractivity contribution < 1.29 is 0 Å². The van der Waals surface area contributed by atoms with E-state index in [0.29, 0.717) is 6.04 Å². The number of anilines is 1. The highest BCUT2D eigenvalue weighted by molar-refractivity contribution is 5.89. The van der Waals surface area contributed by atoms with E-state index in [1.807, 2.05) is 12.4 Å². The molecule has 3 rings (SSSR count). The molecule has 0 spiro atoms. The first kappa shape index (κ1) is 10.5. The molecule has 2 heterocycles. The van der Waals surface area contributed by atoms with Crippen LogP contribution in [0.25, 0.3) is 0 Å². The summed E-state index contributed by atoms with van der Waals surface area (Å²) in [6.07, 6.45) is 8.32. The maximum atomic E-state index is 4.29. The largest absolute Gasteiger partial charge is 0.343 e. The highest BCUT2D eigenvalue weighted by Crippen LogP contribution is 2.26. The third-order valence-corrected chi connectivity index (χ3v) is 3.44. The van der Waals surface area contributed by atoms with Crippen molar-refractivity contribution in [1.29, 1.82) is 0 Å². The summed E-state index contributed by atoms with van der Waals surface area (Å²) in [5.74, 6) is 0. The summed E-state index contributed by atoms with van der Waals surface area (Å²) in [4.78, 5) is 6.67. The molecule has 0 bridgehead atoms. The number of nitrogens with zero attached hydrogens (tertiary/aromatic N) is 2. The van der Waals surface area contributed by atoms with Gasteiger partial charge in [0.2, 0.25) is 0 Å². The molecular formula is C14H17N3. The summed E-state index contributed by atoms with van der Waals surface area (Å²) in [5.41, 5.74) is 2.48. The second kappa shape index (κ2) is 4.72. The summed E-state index contributed by atoms with van der Waals surface area (Å²) < 4.78 is 0. The van der Waals surface area contributed by atoms with Crippen molar-refractivity contribution in [2.45, 2.75) is 18.9 Å². The Kier molecular flexibility index (Phi) is 2.92. The number of hydrogen-bond acceptors (Lipinski definition) is 3. The van der Waals surface area contributed by atoms with Gasteiger partial charge in [0.05, 0.1) is 0 Å². The number of rotatable bonds is 1. The fourth-order valence-electron chi connectivity index (χ4n) is 2.55. The quantitative estimate of drug-likeness (QED) is 0.796. The van der Waals surface area contributed by atoms with Crippen LogP contribution in [-0.2, 0) is 0 Å². The molecule has 0 unspecified atom stereocenters. The molecule has 0 aliphatic carbocycles. The van der Waals surface area contributed by atoms with E-state index in [2.05, 4.69) is 45.7 Å². The van der Waals surface area contributed by atoms with Gasteiger partial charge in [-0.2, -0.15) is 0 Å². The highest BCUT2D eigenvalue weighted by atomic mass is 15.2. The van der Waals surface area contributed by atoms with E-state index in [1.165, 1.54) is 24.1 Å². The van der Waals surface area contributed by atoms with Crippen LogP contribution in [0.15, 0.2) is 41.7 Å². The molecule has 88 valence electrons. The SMILES string of the molecule is C1=CN(C2CCNCC2)c2ccccc2C=N1. The van der Waals surface area contributed by atoms with Crippen molar-refractivity contribution in [2.24, 2.45) is 4.99 Å². The van der Waals surface area contributed by atoms with Gasteiger partial charge in [0.15, 0.2) is 0 Å². The molecule has 1 saturated heterocycles. The van der Waals surface area contributed by atoms with Crippen LogP contribution in [0.2, 0.25) is 0 Å². The number of fused-ring (bicyclic) bond motifs is 1. The van der Waals surface area contributed by atoms with Crippen LogP contribution in [0, 0.1) is 0 Å². The van der Waals surface area contributed by atoms with Gasteiger partial charge in [0.25, 0.3) is 0 Å². The van der Waals surface area contributed by atoms with Gasteiger partial charge in [-0.25, -0.2) is 0 Å². The minimum Gasteiger partial charge on any atom is -0.343 e. The van der Waals surface area contributed by atoms with Crippen LogP contribution in [-0.4, -0.2) is 25.3 Å². The topological polar surface area (TPSA) is 27.6 Å². The van der Waals surface area contributed by atoms with Crippen LogP contribution in [0.3, 0.4) is 0 Å². The Morgan fingerprint density at radius 2 is 2.00 bits per heavy atom. The molecule has 0 saturated carbocycles. The van der Waals surface area contributed by atoms with Crippen LogP contribution >= 0.6 is 0 Å². The Labute approximate surface area is 102 Å². The number of nitrogens with one attached hydrogen (secondary N) is 1. The lowest BCUT2D eigenvalue weighted by molar-refractivity contribution is 0.450. The summed E-state index contributed by atoms with van der Waals surface area (Å²) in [7, 11) is 0. The van der Waals surface area contributed by atoms with E-state index in [0.717, 1.165) is 13.1 Å². The van der Waals surface area contributed by atoms with Crippen molar-refractivity contribution in [3.63, 3.8) is 0 Å². The molecule has 1 aromatic rings. The fraction of sp³-hybridized carbons (Fsp3) is 0.357. The van der Waals surface area contributed by atoms with Crippen molar-refractivity contribution in [2.75, 3.05) is 18.0 Å². The van der Waals surface area contributed by atoms with E-state index in [9.17, 15) is 0 Å². The lowest BCUT2D eigenvalue weighted by Gasteiger charge is -2.34. The van der Waals surface area contributed by atoms with Gasteiger partial charge in [0, 0.05) is 35.9 Å². The molecule has 0 atom stereocenters. The molecule has 1 aromatic carbocycles. The van der Waals surface area contributed by atoms with E-state index < -0.39 is 0 Å². The van der Waals surface area contributed by atoms with E-state index in [-0.39, 0.29) is 0 Å². The van der Waals surface area contributed by atoms with E-state index in [1.54, 1.807) is 0 Å². The second-order valence-corrected chi connectivity index (χ2v) is 4.52. The second-order valence-electron chi connectivity index (χ2n) is 4.52. The summed E-state index contributed by atoms with van der Waals surface area (Å²) in [6.45, 7) is 2.22. The molecular weight excluding hydrogens is 210 g/mol. The van der Waals surface area contributed by atoms with Crippen molar-refractivity contribution in [3.8, 4) is 0 Å². The number of para-hydroxylation sites is 1. The zero-order valence-electron chi connectivity index (χ0n) is 9.84. The van der Waals surface area contributed by atoms with Gasteiger partial charge in [-0.3, -0.25) is 4.99 Å². The zero-order chi connectivity index (χ0) is 11.5. The van der Waals surface area contributed by atoms with Crippen molar-refractivity contribution in [1.82, 2.24) is 5.32 Å². The van der Waals surface area contributed by atoms with Gasteiger partial charge in [-0.05, 0) is 32.0 Å². The average molecular weight is 227 g/mol.